The molecule has 2 fully saturated rings. The van der Waals surface area contributed by atoms with E-state index in [1.54, 1.807) is 0 Å². The summed E-state index contributed by atoms with van der Waals surface area (Å²) in [6.45, 7) is 10.5. The summed E-state index contributed by atoms with van der Waals surface area (Å²) in [5.74, 6) is 3.38. The summed E-state index contributed by atoms with van der Waals surface area (Å²) in [4.78, 5) is 2.58. The molecule has 4 atom stereocenters. The molecule has 1 heterocycles. The van der Waals surface area contributed by atoms with Gasteiger partial charge >= 0.3 is 0 Å². The van der Waals surface area contributed by atoms with E-state index in [1.165, 1.54) is 31.7 Å². The van der Waals surface area contributed by atoms with Crippen LogP contribution in [0.2, 0.25) is 0 Å². The summed E-state index contributed by atoms with van der Waals surface area (Å²) in [6.07, 6.45) is 3.43. The normalized spacial score (nSPS) is 39.2. The van der Waals surface area contributed by atoms with E-state index in [0.717, 1.165) is 30.1 Å². The Labute approximate surface area is 117 Å². The van der Waals surface area contributed by atoms with Crippen molar-refractivity contribution in [1.82, 2.24) is 4.90 Å². The maximum atomic E-state index is 10.2. The molecule has 1 aliphatic heterocycles. The highest BCUT2D eigenvalue weighted by Crippen LogP contribution is 2.34. The predicted molar refractivity (Wildman–Crippen MR) is 80.0 cm³/mol. The van der Waals surface area contributed by atoms with Crippen molar-refractivity contribution in [2.75, 3.05) is 25.4 Å². The Hall–Kier alpha value is 0.270. The smallest absolute Gasteiger partial charge is 0.0580 e. The van der Waals surface area contributed by atoms with E-state index in [2.05, 4.69) is 37.4 Å². The predicted octanol–water partition coefficient (Wildman–Crippen LogP) is 2.86. The molecule has 0 aromatic rings. The Morgan fingerprint density at radius 2 is 2.11 bits per heavy atom. The summed E-state index contributed by atoms with van der Waals surface area (Å²) < 4.78 is 0. The molecule has 0 bridgehead atoms. The number of aliphatic hydroxyl groups is 1. The lowest BCUT2D eigenvalue weighted by Crippen LogP contribution is -2.44. The van der Waals surface area contributed by atoms with E-state index in [-0.39, 0.29) is 6.10 Å². The molecule has 2 rings (SSSR count). The summed E-state index contributed by atoms with van der Waals surface area (Å²) in [6, 6.07) is 0. The van der Waals surface area contributed by atoms with Crippen LogP contribution in [0.25, 0.3) is 0 Å². The molecule has 0 spiro atoms. The zero-order valence-electron chi connectivity index (χ0n) is 12.1. The average Bonchev–Trinajstić information content (AvgIpc) is 2.31. The second-order valence-electron chi connectivity index (χ2n) is 6.59. The van der Waals surface area contributed by atoms with Crippen LogP contribution < -0.4 is 0 Å². The van der Waals surface area contributed by atoms with Gasteiger partial charge < -0.3 is 10.0 Å². The molecule has 0 radical (unpaired) electrons. The fourth-order valence-electron chi connectivity index (χ4n) is 3.47. The third-order valence-corrected chi connectivity index (χ3v) is 5.88. The molecule has 0 aromatic heterocycles. The van der Waals surface area contributed by atoms with Gasteiger partial charge in [-0.2, -0.15) is 11.8 Å². The van der Waals surface area contributed by atoms with Crippen LogP contribution in [0, 0.1) is 17.8 Å². The van der Waals surface area contributed by atoms with Crippen LogP contribution in [-0.2, 0) is 0 Å². The lowest BCUT2D eigenvalue weighted by Gasteiger charge is -2.39. The average molecular weight is 271 g/mol. The molecule has 1 saturated carbocycles. The van der Waals surface area contributed by atoms with Crippen LogP contribution in [0.5, 0.6) is 0 Å². The molecule has 0 amide bonds. The second-order valence-corrected chi connectivity index (χ2v) is 8.13. The maximum Gasteiger partial charge on any atom is 0.0580 e. The molecule has 1 saturated heterocycles. The van der Waals surface area contributed by atoms with Gasteiger partial charge in [-0.3, -0.25) is 0 Å². The van der Waals surface area contributed by atoms with Crippen molar-refractivity contribution in [2.45, 2.75) is 51.4 Å². The van der Waals surface area contributed by atoms with Gasteiger partial charge in [0, 0.05) is 30.6 Å². The quantitative estimate of drug-likeness (QED) is 0.854. The zero-order valence-corrected chi connectivity index (χ0v) is 13.0. The van der Waals surface area contributed by atoms with E-state index in [9.17, 15) is 5.11 Å². The Morgan fingerprint density at radius 1 is 1.33 bits per heavy atom. The number of nitrogens with zero attached hydrogens (tertiary/aromatic N) is 1. The standard InChI is InChI=1S/C15H29NOS/c1-11(2)13-4-5-15(17)14(8-13)10-16-6-7-18-12(3)9-16/h11-15,17H,4-10H2,1-3H3. The number of hydrogen-bond donors (Lipinski definition) is 1. The van der Waals surface area contributed by atoms with Gasteiger partial charge in [-0.1, -0.05) is 20.8 Å². The van der Waals surface area contributed by atoms with Gasteiger partial charge in [0.05, 0.1) is 6.10 Å². The molecular formula is C15H29NOS. The van der Waals surface area contributed by atoms with Gasteiger partial charge in [0.25, 0.3) is 0 Å². The summed E-state index contributed by atoms with van der Waals surface area (Å²) >= 11 is 2.09. The van der Waals surface area contributed by atoms with Gasteiger partial charge in [-0.25, -0.2) is 0 Å². The SMILES string of the molecule is CC1CN(CC2CC(C(C)C)CCC2O)CCS1. The van der Waals surface area contributed by atoms with Crippen LogP contribution in [0.15, 0.2) is 0 Å². The minimum absolute atomic E-state index is 0.0510. The maximum absolute atomic E-state index is 10.2. The number of rotatable bonds is 3. The first-order valence-electron chi connectivity index (χ1n) is 7.58. The molecule has 18 heavy (non-hydrogen) atoms. The highest BCUT2D eigenvalue weighted by molar-refractivity contribution is 7.99. The number of thioether (sulfide) groups is 1. The highest BCUT2D eigenvalue weighted by Gasteiger charge is 2.32. The largest absolute Gasteiger partial charge is 0.393 e. The first-order valence-corrected chi connectivity index (χ1v) is 8.63. The lowest BCUT2D eigenvalue weighted by molar-refractivity contribution is 0.0192. The van der Waals surface area contributed by atoms with E-state index in [0.29, 0.717) is 5.92 Å². The van der Waals surface area contributed by atoms with Crippen molar-refractivity contribution < 1.29 is 5.11 Å². The molecule has 106 valence electrons. The third-order valence-electron chi connectivity index (χ3n) is 4.74. The van der Waals surface area contributed by atoms with Crippen molar-refractivity contribution in [2.24, 2.45) is 17.8 Å². The molecule has 0 aromatic carbocycles. The zero-order chi connectivity index (χ0) is 13.1. The summed E-state index contributed by atoms with van der Waals surface area (Å²) in [7, 11) is 0. The Kier molecular flexibility index (Phi) is 5.40. The van der Waals surface area contributed by atoms with Crippen LogP contribution in [0.4, 0.5) is 0 Å². The molecule has 3 heteroatoms. The monoisotopic (exact) mass is 271 g/mol. The Balaban J connectivity index is 1.86. The molecular weight excluding hydrogens is 242 g/mol. The van der Waals surface area contributed by atoms with E-state index >= 15 is 0 Å². The van der Waals surface area contributed by atoms with E-state index in [1.807, 2.05) is 0 Å². The van der Waals surface area contributed by atoms with Crippen molar-refractivity contribution in [1.29, 1.82) is 0 Å². The van der Waals surface area contributed by atoms with Crippen molar-refractivity contribution in [3.63, 3.8) is 0 Å². The summed E-state index contributed by atoms with van der Waals surface area (Å²) in [5.41, 5.74) is 0. The van der Waals surface area contributed by atoms with Crippen LogP contribution >= 0.6 is 11.8 Å². The Bertz CT molecular complexity index is 259. The fourth-order valence-corrected chi connectivity index (χ4v) is 4.56. The van der Waals surface area contributed by atoms with Gasteiger partial charge in [0.2, 0.25) is 0 Å². The van der Waals surface area contributed by atoms with Crippen LogP contribution in [0.3, 0.4) is 0 Å². The van der Waals surface area contributed by atoms with Crippen LogP contribution in [0.1, 0.15) is 40.0 Å². The van der Waals surface area contributed by atoms with Crippen molar-refractivity contribution in [3.05, 3.63) is 0 Å². The first-order chi connectivity index (χ1) is 8.56. The molecule has 4 unspecified atom stereocenters. The minimum Gasteiger partial charge on any atom is -0.393 e. The molecule has 1 aliphatic carbocycles. The molecule has 1 N–H and O–H groups in total. The number of aliphatic hydroxyl groups excluding tert-OH is 1. The first kappa shape index (κ1) is 14.7. The Morgan fingerprint density at radius 3 is 2.78 bits per heavy atom. The highest BCUT2D eigenvalue weighted by atomic mass is 32.2. The van der Waals surface area contributed by atoms with Crippen molar-refractivity contribution >= 4 is 11.8 Å². The fraction of sp³-hybridized carbons (Fsp3) is 1.00. The van der Waals surface area contributed by atoms with Gasteiger partial charge in [0.15, 0.2) is 0 Å². The second kappa shape index (κ2) is 6.62. The minimum atomic E-state index is -0.0510. The molecule has 2 nitrogen and oxygen atoms in total. The van der Waals surface area contributed by atoms with Crippen molar-refractivity contribution in [3.8, 4) is 0 Å². The molecule has 2 aliphatic rings. The van der Waals surface area contributed by atoms with Gasteiger partial charge in [0.1, 0.15) is 0 Å². The van der Waals surface area contributed by atoms with Crippen LogP contribution in [-0.4, -0.2) is 46.7 Å². The topological polar surface area (TPSA) is 23.5 Å². The van der Waals surface area contributed by atoms with E-state index in [4.69, 9.17) is 0 Å². The van der Waals surface area contributed by atoms with E-state index < -0.39 is 0 Å². The van der Waals surface area contributed by atoms with Gasteiger partial charge in [-0.15, -0.1) is 0 Å². The number of hydrogen-bond acceptors (Lipinski definition) is 3. The summed E-state index contributed by atoms with van der Waals surface area (Å²) in [5, 5.41) is 11.0. The third kappa shape index (κ3) is 3.88. The van der Waals surface area contributed by atoms with Gasteiger partial charge in [-0.05, 0) is 37.0 Å². The lowest BCUT2D eigenvalue weighted by atomic mass is 9.74.